The van der Waals surface area contributed by atoms with E-state index in [-0.39, 0.29) is 10.8 Å². The first-order valence-electron chi connectivity index (χ1n) is 26.5. The molecule has 0 aliphatic heterocycles. The van der Waals surface area contributed by atoms with Crippen LogP contribution in [0.1, 0.15) is 49.9 Å². The summed E-state index contributed by atoms with van der Waals surface area (Å²) < 4.78 is 13.9. The monoisotopic (exact) mass is 974 g/mol. The lowest BCUT2D eigenvalue weighted by atomic mass is 9.82. The van der Waals surface area contributed by atoms with Crippen LogP contribution in [0.4, 0.5) is 34.1 Å². The Labute approximate surface area is 440 Å². The first kappa shape index (κ1) is 43.1. The van der Waals surface area contributed by atoms with Gasteiger partial charge in [0.05, 0.1) is 22.7 Å². The molecule has 4 heteroatoms. The third kappa shape index (κ3) is 5.90. The summed E-state index contributed by atoms with van der Waals surface area (Å²) in [7, 11) is 0. The maximum atomic E-state index is 6.94. The van der Waals surface area contributed by atoms with Gasteiger partial charge in [0, 0.05) is 54.5 Å². The van der Waals surface area contributed by atoms with Crippen LogP contribution in [0, 0.1) is 0 Å². The molecular formula is C72H50N2O2. The summed E-state index contributed by atoms with van der Waals surface area (Å²) in [6, 6.07) is 84.8. The zero-order valence-electron chi connectivity index (χ0n) is 42.7. The third-order valence-electron chi connectivity index (χ3n) is 17.2. The third-order valence-corrected chi connectivity index (χ3v) is 17.2. The van der Waals surface area contributed by atoms with Crippen LogP contribution < -0.4 is 9.80 Å². The van der Waals surface area contributed by atoms with Crippen molar-refractivity contribution in [1.29, 1.82) is 0 Å². The summed E-state index contributed by atoms with van der Waals surface area (Å²) >= 11 is 0. The number of nitrogens with zero attached hydrogens (tertiary/aromatic N) is 2. The summed E-state index contributed by atoms with van der Waals surface area (Å²) in [6.07, 6.45) is 0. The summed E-state index contributed by atoms with van der Waals surface area (Å²) in [5.74, 6) is 0. The van der Waals surface area contributed by atoms with Crippen LogP contribution >= 0.6 is 0 Å². The summed E-state index contributed by atoms with van der Waals surface area (Å²) in [4.78, 5) is 4.93. The maximum absolute atomic E-state index is 6.94. The first-order valence-corrected chi connectivity index (χ1v) is 26.5. The van der Waals surface area contributed by atoms with Gasteiger partial charge in [-0.25, -0.2) is 0 Å². The van der Waals surface area contributed by atoms with Gasteiger partial charge >= 0.3 is 0 Å². The Morgan fingerprint density at radius 2 is 0.618 bits per heavy atom. The van der Waals surface area contributed by atoms with Gasteiger partial charge in [-0.05, 0) is 127 Å². The fourth-order valence-corrected chi connectivity index (χ4v) is 13.6. The van der Waals surface area contributed by atoms with E-state index < -0.39 is 0 Å². The molecule has 0 bridgehead atoms. The summed E-state index contributed by atoms with van der Waals surface area (Å²) in [5.41, 5.74) is 19.8. The molecule has 2 aromatic heterocycles. The van der Waals surface area contributed by atoms with Crippen molar-refractivity contribution in [2.24, 2.45) is 0 Å². The van der Waals surface area contributed by atoms with Crippen LogP contribution in [0.2, 0.25) is 0 Å². The lowest BCUT2D eigenvalue weighted by molar-refractivity contribution is 0.660. The van der Waals surface area contributed by atoms with Gasteiger partial charge in [-0.3, -0.25) is 0 Å². The van der Waals surface area contributed by atoms with Gasteiger partial charge in [0.2, 0.25) is 0 Å². The molecule has 2 heterocycles. The second kappa shape index (κ2) is 15.6. The molecule has 0 spiro atoms. The van der Waals surface area contributed by atoms with Gasteiger partial charge in [-0.1, -0.05) is 198 Å². The highest BCUT2D eigenvalue weighted by molar-refractivity contribution is 6.26. The van der Waals surface area contributed by atoms with E-state index in [0.717, 1.165) is 110 Å². The molecule has 360 valence electrons. The normalized spacial score (nSPS) is 14.0. The fourth-order valence-electron chi connectivity index (χ4n) is 13.6. The summed E-state index contributed by atoms with van der Waals surface area (Å²) in [5, 5.41) is 11.3. The number of para-hydroxylation sites is 4. The first-order chi connectivity index (χ1) is 37.2. The zero-order valence-corrected chi connectivity index (χ0v) is 42.7. The SMILES string of the molecule is CC1(C)c2ccccc2-c2ccc(N(c3cc4c5ccccc5c(N(c5ccc6c(c5)C(C)(C)c5ccccc5-6)c5cccc6c5oc5ccccc56)cc4c4ccccc34)c3cccc4c3oc3ccccc34)cc21. The van der Waals surface area contributed by atoms with Crippen LogP contribution in [-0.2, 0) is 10.8 Å². The number of fused-ring (bicyclic) bond motifs is 17. The molecule has 0 atom stereocenters. The van der Waals surface area contributed by atoms with E-state index in [1.807, 2.05) is 0 Å². The van der Waals surface area contributed by atoms with Gasteiger partial charge < -0.3 is 18.6 Å². The maximum Gasteiger partial charge on any atom is 0.159 e. The molecule has 0 amide bonds. The number of rotatable bonds is 6. The highest BCUT2D eigenvalue weighted by Crippen LogP contribution is 2.56. The lowest BCUT2D eigenvalue weighted by Crippen LogP contribution is -2.17. The number of benzene rings is 12. The van der Waals surface area contributed by atoms with Crippen molar-refractivity contribution in [3.63, 3.8) is 0 Å². The van der Waals surface area contributed by atoms with Crippen LogP contribution in [-0.4, -0.2) is 0 Å². The van der Waals surface area contributed by atoms with E-state index in [9.17, 15) is 0 Å². The smallest absolute Gasteiger partial charge is 0.159 e. The van der Waals surface area contributed by atoms with Crippen molar-refractivity contribution < 1.29 is 8.83 Å². The van der Waals surface area contributed by atoms with E-state index in [2.05, 4.69) is 268 Å². The van der Waals surface area contributed by atoms with E-state index >= 15 is 0 Å². The van der Waals surface area contributed by atoms with Crippen LogP contribution in [0.25, 0.3) is 98.4 Å². The minimum atomic E-state index is -0.200. The Balaban J connectivity index is 0.984. The Kier molecular flexibility index (Phi) is 8.83. The second-order valence-electron chi connectivity index (χ2n) is 22.0. The standard InChI is InChI=1S/C72H50N2O2/c1-71(2)59-29-13-9-21-47(59)49-37-35-43(39-61(49)71)73(63-31-17-27-55-53-25-11-15-33-67(53)75-69(55)63)65-41-57-46-20-6-8-24-52(46)66(42-58(57)45-19-5-7-23-51(45)65)74(64-32-18-28-56-54-26-12-16-34-68(54)76-70(56)64)44-36-38-50-48-22-10-14-30-60(48)72(3,4)62(50)40-44/h5-42H,1-4H3. The quantitative estimate of drug-likeness (QED) is 0.155. The predicted octanol–water partition coefficient (Wildman–Crippen LogP) is 20.5. The van der Waals surface area contributed by atoms with Crippen molar-refractivity contribution in [2.75, 3.05) is 9.80 Å². The molecule has 2 aliphatic rings. The highest BCUT2D eigenvalue weighted by atomic mass is 16.3. The van der Waals surface area contributed by atoms with Crippen LogP contribution in [0.5, 0.6) is 0 Å². The van der Waals surface area contributed by atoms with Crippen molar-refractivity contribution in [3.8, 4) is 22.3 Å². The van der Waals surface area contributed by atoms with Gasteiger partial charge in [0.1, 0.15) is 11.2 Å². The van der Waals surface area contributed by atoms with Crippen LogP contribution in [0.15, 0.2) is 239 Å². The van der Waals surface area contributed by atoms with Crippen LogP contribution in [0.3, 0.4) is 0 Å². The van der Waals surface area contributed by atoms with E-state index in [0.29, 0.717) is 0 Å². The molecule has 0 saturated carbocycles. The molecular weight excluding hydrogens is 925 g/mol. The molecule has 2 aliphatic carbocycles. The number of furan rings is 2. The van der Waals surface area contributed by atoms with E-state index in [1.54, 1.807) is 0 Å². The molecule has 0 unspecified atom stereocenters. The minimum Gasteiger partial charge on any atom is -0.454 e. The van der Waals surface area contributed by atoms with E-state index in [1.165, 1.54) is 44.5 Å². The molecule has 14 aromatic rings. The largest absolute Gasteiger partial charge is 0.454 e. The van der Waals surface area contributed by atoms with Gasteiger partial charge in [0.25, 0.3) is 0 Å². The molecule has 4 nitrogen and oxygen atoms in total. The molecule has 0 radical (unpaired) electrons. The average Bonchev–Trinajstić information content (AvgIpc) is 4.30. The Morgan fingerprint density at radius 3 is 1.07 bits per heavy atom. The Hall–Kier alpha value is -9.38. The molecule has 12 aromatic carbocycles. The molecule has 76 heavy (non-hydrogen) atoms. The zero-order chi connectivity index (χ0) is 50.6. The molecule has 0 saturated heterocycles. The Bertz CT molecular complexity index is 4490. The molecule has 0 fully saturated rings. The molecule has 0 N–H and O–H groups in total. The topological polar surface area (TPSA) is 32.8 Å². The highest BCUT2D eigenvalue weighted by Gasteiger charge is 2.38. The van der Waals surface area contributed by atoms with Crippen molar-refractivity contribution in [2.45, 2.75) is 38.5 Å². The van der Waals surface area contributed by atoms with Crippen molar-refractivity contribution in [3.05, 3.63) is 253 Å². The summed E-state index contributed by atoms with van der Waals surface area (Å²) in [6.45, 7) is 9.45. The van der Waals surface area contributed by atoms with Crippen molar-refractivity contribution >= 4 is 110 Å². The van der Waals surface area contributed by atoms with E-state index in [4.69, 9.17) is 8.83 Å². The lowest BCUT2D eigenvalue weighted by Gasteiger charge is -2.31. The number of anilines is 6. The van der Waals surface area contributed by atoms with Gasteiger partial charge in [-0.15, -0.1) is 0 Å². The fraction of sp³-hybridized carbons (Fsp3) is 0.0833. The Morgan fingerprint density at radius 1 is 0.263 bits per heavy atom. The van der Waals surface area contributed by atoms with Crippen molar-refractivity contribution in [1.82, 2.24) is 0 Å². The average molecular weight is 975 g/mol. The molecule has 16 rings (SSSR count). The predicted molar refractivity (Wildman–Crippen MR) is 318 cm³/mol. The minimum absolute atomic E-state index is 0.200. The van der Waals surface area contributed by atoms with Gasteiger partial charge in [-0.2, -0.15) is 0 Å². The number of hydrogen-bond donors (Lipinski definition) is 0. The van der Waals surface area contributed by atoms with Gasteiger partial charge in [0.15, 0.2) is 11.2 Å². The second-order valence-corrected chi connectivity index (χ2v) is 22.0. The number of hydrogen-bond acceptors (Lipinski definition) is 4.